The van der Waals surface area contributed by atoms with Gasteiger partial charge in [-0.3, -0.25) is 19.1 Å². The van der Waals surface area contributed by atoms with E-state index in [4.69, 9.17) is 0 Å². The highest BCUT2D eigenvalue weighted by Gasteiger charge is 2.06. The average molecular weight is 349 g/mol. The topological polar surface area (TPSA) is 84.0 Å². The number of amides is 1. The van der Waals surface area contributed by atoms with Crippen molar-refractivity contribution in [1.29, 1.82) is 0 Å². The maximum absolute atomic E-state index is 12.1. The van der Waals surface area contributed by atoms with Gasteiger partial charge in [0, 0.05) is 18.8 Å². The molecule has 0 aliphatic rings. The van der Waals surface area contributed by atoms with Crippen molar-refractivity contribution < 1.29 is 4.79 Å². The minimum absolute atomic E-state index is 0.146. The van der Waals surface area contributed by atoms with Crippen LogP contribution >= 0.6 is 0 Å². The van der Waals surface area contributed by atoms with Gasteiger partial charge in [0.1, 0.15) is 6.54 Å². The van der Waals surface area contributed by atoms with E-state index >= 15 is 0 Å². The largest absolute Gasteiger partial charge is 0.350 e. The molecule has 0 unspecified atom stereocenters. The van der Waals surface area contributed by atoms with Gasteiger partial charge in [-0.1, -0.05) is 48.0 Å². The summed E-state index contributed by atoms with van der Waals surface area (Å²) in [4.78, 5) is 36.8. The van der Waals surface area contributed by atoms with E-state index in [1.165, 1.54) is 17.8 Å². The molecule has 0 aliphatic carbocycles. The number of nitrogens with zero attached hydrogens (tertiary/aromatic N) is 1. The fourth-order valence-electron chi connectivity index (χ4n) is 2.67. The maximum atomic E-state index is 12.1. The number of rotatable bonds is 5. The molecule has 0 aliphatic heterocycles. The Morgan fingerprint density at radius 3 is 2.50 bits per heavy atom. The Hall–Kier alpha value is -3.41. The Kier molecular flexibility index (Phi) is 5.12. The molecule has 2 aromatic carbocycles. The smallest absolute Gasteiger partial charge is 0.328 e. The second-order valence-electron chi connectivity index (χ2n) is 6.08. The summed E-state index contributed by atoms with van der Waals surface area (Å²) in [6, 6.07) is 17.4. The Bertz CT molecular complexity index is 1050. The predicted octanol–water partition coefficient (Wildman–Crippen LogP) is 1.83. The van der Waals surface area contributed by atoms with E-state index in [-0.39, 0.29) is 12.5 Å². The minimum atomic E-state index is -0.603. The second-order valence-corrected chi connectivity index (χ2v) is 6.08. The first-order valence-electron chi connectivity index (χ1n) is 8.24. The molecular weight excluding hydrogens is 330 g/mol. The molecule has 0 radical (unpaired) electrons. The van der Waals surface area contributed by atoms with Gasteiger partial charge in [0.2, 0.25) is 5.91 Å². The van der Waals surface area contributed by atoms with E-state index in [9.17, 15) is 14.4 Å². The second kappa shape index (κ2) is 7.65. The van der Waals surface area contributed by atoms with Crippen LogP contribution in [0.2, 0.25) is 0 Å². The quantitative estimate of drug-likeness (QED) is 0.737. The highest BCUT2D eigenvalue weighted by Crippen LogP contribution is 2.21. The Morgan fingerprint density at radius 2 is 1.77 bits per heavy atom. The lowest BCUT2D eigenvalue weighted by Gasteiger charge is -2.09. The summed E-state index contributed by atoms with van der Waals surface area (Å²) in [5.41, 5.74) is 3.27. The highest BCUT2D eigenvalue weighted by atomic mass is 16.2. The molecule has 6 heteroatoms. The van der Waals surface area contributed by atoms with E-state index in [1.807, 2.05) is 49.4 Å². The van der Waals surface area contributed by atoms with Crippen molar-refractivity contribution in [2.75, 3.05) is 0 Å². The number of aryl methyl sites for hydroxylation is 1. The molecule has 0 spiro atoms. The fourth-order valence-corrected chi connectivity index (χ4v) is 2.67. The lowest BCUT2D eigenvalue weighted by atomic mass is 10.0. The van der Waals surface area contributed by atoms with Crippen LogP contribution in [0.25, 0.3) is 11.1 Å². The molecule has 3 rings (SSSR count). The molecule has 1 aromatic heterocycles. The highest BCUT2D eigenvalue weighted by molar-refractivity contribution is 5.75. The number of H-pyrrole nitrogens is 1. The number of carbonyl (C=O) groups is 1. The molecule has 0 bridgehead atoms. The van der Waals surface area contributed by atoms with Crippen molar-refractivity contribution in [3.63, 3.8) is 0 Å². The van der Waals surface area contributed by atoms with Crippen LogP contribution < -0.4 is 16.6 Å². The first-order chi connectivity index (χ1) is 12.5. The zero-order valence-corrected chi connectivity index (χ0v) is 14.4. The molecule has 1 heterocycles. The van der Waals surface area contributed by atoms with Crippen molar-refractivity contribution in [1.82, 2.24) is 14.9 Å². The van der Waals surface area contributed by atoms with Gasteiger partial charge in [-0.15, -0.1) is 0 Å². The van der Waals surface area contributed by atoms with E-state index in [0.29, 0.717) is 6.54 Å². The van der Waals surface area contributed by atoms with Crippen LogP contribution in [0.1, 0.15) is 11.1 Å². The summed E-state index contributed by atoms with van der Waals surface area (Å²) in [6.45, 7) is 2.26. The average Bonchev–Trinajstić information content (AvgIpc) is 2.63. The molecular formula is C20H19N3O3. The molecule has 0 fully saturated rings. The molecule has 26 heavy (non-hydrogen) atoms. The van der Waals surface area contributed by atoms with Crippen molar-refractivity contribution in [3.05, 3.63) is 92.8 Å². The fraction of sp³-hybridized carbons (Fsp3) is 0.150. The third kappa shape index (κ3) is 4.36. The lowest BCUT2D eigenvalue weighted by Crippen LogP contribution is -2.35. The number of aromatic amines is 1. The van der Waals surface area contributed by atoms with Crippen LogP contribution in [-0.4, -0.2) is 15.5 Å². The number of nitrogens with one attached hydrogen (secondary N) is 2. The first kappa shape index (κ1) is 17.4. The van der Waals surface area contributed by atoms with Crippen LogP contribution in [0, 0.1) is 6.92 Å². The SMILES string of the molecule is Cc1cccc(-c2cccc(CNC(=O)Cn3ccc(=O)[nH]c3=O)c2)c1. The van der Waals surface area contributed by atoms with E-state index in [1.54, 1.807) is 0 Å². The number of benzene rings is 2. The van der Waals surface area contributed by atoms with Gasteiger partial charge in [-0.25, -0.2) is 4.79 Å². The van der Waals surface area contributed by atoms with E-state index < -0.39 is 11.2 Å². The number of hydrogen-bond donors (Lipinski definition) is 2. The monoisotopic (exact) mass is 349 g/mol. The molecule has 1 amide bonds. The summed E-state index contributed by atoms with van der Waals surface area (Å²) in [5.74, 6) is -0.305. The molecule has 3 aromatic rings. The van der Waals surface area contributed by atoms with Crippen LogP contribution in [0.4, 0.5) is 0 Å². The number of aromatic nitrogens is 2. The van der Waals surface area contributed by atoms with Gasteiger partial charge in [-0.05, 0) is 29.7 Å². The zero-order valence-electron chi connectivity index (χ0n) is 14.4. The molecule has 6 nitrogen and oxygen atoms in total. The number of carbonyl (C=O) groups excluding carboxylic acids is 1. The van der Waals surface area contributed by atoms with Crippen LogP contribution in [0.3, 0.4) is 0 Å². The van der Waals surface area contributed by atoms with Gasteiger partial charge in [0.15, 0.2) is 0 Å². The lowest BCUT2D eigenvalue weighted by molar-refractivity contribution is -0.121. The number of hydrogen-bond acceptors (Lipinski definition) is 3. The van der Waals surface area contributed by atoms with Crippen molar-refractivity contribution in [2.45, 2.75) is 20.0 Å². The van der Waals surface area contributed by atoms with Crippen molar-refractivity contribution in [2.24, 2.45) is 0 Å². The standard InChI is InChI=1S/C20H19N3O3/c1-14-4-2-6-16(10-14)17-7-3-5-15(11-17)12-21-19(25)13-23-9-8-18(24)22-20(23)26/h2-11H,12-13H2,1H3,(H,21,25)(H,22,24,26). The molecule has 0 saturated carbocycles. The van der Waals surface area contributed by atoms with E-state index in [0.717, 1.165) is 21.3 Å². The van der Waals surface area contributed by atoms with E-state index in [2.05, 4.69) is 16.4 Å². The summed E-state index contributed by atoms with van der Waals surface area (Å²) in [7, 11) is 0. The Balaban J connectivity index is 1.66. The van der Waals surface area contributed by atoms with Gasteiger partial charge >= 0.3 is 5.69 Å². The Labute approximate surface area is 150 Å². The first-order valence-corrected chi connectivity index (χ1v) is 8.24. The zero-order chi connectivity index (χ0) is 18.5. The summed E-state index contributed by atoms with van der Waals surface area (Å²) < 4.78 is 1.15. The van der Waals surface area contributed by atoms with Gasteiger partial charge in [-0.2, -0.15) is 0 Å². The molecule has 0 saturated heterocycles. The van der Waals surface area contributed by atoms with Gasteiger partial charge in [0.25, 0.3) is 5.56 Å². The minimum Gasteiger partial charge on any atom is -0.350 e. The van der Waals surface area contributed by atoms with Crippen LogP contribution in [0.5, 0.6) is 0 Å². The predicted molar refractivity (Wildman–Crippen MR) is 99.8 cm³/mol. The van der Waals surface area contributed by atoms with Crippen LogP contribution in [0.15, 0.2) is 70.4 Å². The molecule has 132 valence electrons. The third-order valence-corrected chi connectivity index (χ3v) is 3.98. The normalized spacial score (nSPS) is 10.5. The summed E-state index contributed by atoms with van der Waals surface area (Å²) >= 11 is 0. The third-order valence-electron chi connectivity index (χ3n) is 3.98. The van der Waals surface area contributed by atoms with Crippen molar-refractivity contribution >= 4 is 5.91 Å². The maximum Gasteiger partial charge on any atom is 0.328 e. The molecule has 0 atom stereocenters. The van der Waals surface area contributed by atoms with Gasteiger partial charge < -0.3 is 5.32 Å². The summed E-state index contributed by atoms with van der Waals surface area (Å²) in [5, 5.41) is 2.79. The Morgan fingerprint density at radius 1 is 1.04 bits per heavy atom. The van der Waals surface area contributed by atoms with Gasteiger partial charge in [0.05, 0.1) is 0 Å². The summed E-state index contributed by atoms with van der Waals surface area (Å²) in [6.07, 6.45) is 1.30. The molecule has 2 N–H and O–H groups in total. The van der Waals surface area contributed by atoms with Crippen LogP contribution in [-0.2, 0) is 17.9 Å². The van der Waals surface area contributed by atoms with Crippen molar-refractivity contribution in [3.8, 4) is 11.1 Å².